The number of nitrogens with zero attached hydrogens (tertiary/aromatic N) is 3. The van der Waals surface area contributed by atoms with Gasteiger partial charge in [0.1, 0.15) is 0 Å². The van der Waals surface area contributed by atoms with E-state index in [0.717, 1.165) is 44.7 Å². The number of fused-ring (bicyclic) bond motifs is 3. The standard InChI is InChI=1S/C32H22N3.Ir/c1-21-13-15-24(33-3)19-27(21)29-20-34-30(17-22(29)2)23-14-16-32-28(18-23)26-11-7-8-12-31(26)35(32)25-9-5-4-6-10-25;/h4-13,15-20H,1-2H3;/q-1;. The molecule has 4 heteroatoms. The summed E-state index contributed by atoms with van der Waals surface area (Å²) in [5.74, 6) is 0. The van der Waals surface area contributed by atoms with E-state index in [0.29, 0.717) is 5.69 Å². The van der Waals surface area contributed by atoms with Crippen molar-refractivity contribution in [2.24, 2.45) is 0 Å². The van der Waals surface area contributed by atoms with Crippen LogP contribution in [0.2, 0.25) is 0 Å². The van der Waals surface area contributed by atoms with Crippen molar-refractivity contribution < 1.29 is 20.1 Å². The summed E-state index contributed by atoms with van der Waals surface area (Å²) < 4.78 is 2.29. The number of aromatic nitrogens is 2. The van der Waals surface area contributed by atoms with Gasteiger partial charge >= 0.3 is 0 Å². The van der Waals surface area contributed by atoms with Crippen LogP contribution in [-0.4, -0.2) is 9.55 Å². The fourth-order valence-electron chi connectivity index (χ4n) is 4.87. The van der Waals surface area contributed by atoms with Crippen molar-refractivity contribution in [1.82, 2.24) is 9.55 Å². The molecule has 6 rings (SSSR count). The number of hydrogen-bond acceptors (Lipinski definition) is 1. The summed E-state index contributed by atoms with van der Waals surface area (Å²) in [5, 5.41) is 2.39. The zero-order chi connectivity index (χ0) is 23.9. The summed E-state index contributed by atoms with van der Waals surface area (Å²) >= 11 is 0. The molecule has 3 nitrogen and oxygen atoms in total. The quantitative estimate of drug-likeness (QED) is 0.178. The molecule has 6 aromatic rings. The maximum absolute atomic E-state index is 7.36. The Kier molecular flexibility index (Phi) is 6.29. The molecule has 36 heavy (non-hydrogen) atoms. The van der Waals surface area contributed by atoms with Gasteiger partial charge in [0, 0.05) is 43.1 Å². The molecule has 1 radical (unpaired) electrons. The average Bonchev–Trinajstić information content (AvgIpc) is 3.23. The van der Waals surface area contributed by atoms with Gasteiger partial charge in [0.15, 0.2) is 5.69 Å². The Labute approximate surface area is 224 Å². The summed E-state index contributed by atoms with van der Waals surface area (Å²) in [6.07, 6.45) is 1.92. The first-order chi connectivity index (χ1) is 17.1. The van der Waals surface area contributed by atoms with E-state index in [-0.39, 0.29) is 20.1 Å². The Hall–Kier alpha value is -4.03. The molecule has 0 saturated heterocycles. The number of para-hydroxylation sites is 2. The minimum Gasteiger partial charge on any atom is -0.351 e. The Balaban J connectivity index is 0.00000267. The molecule has 0 N–H and O–H groups in total. The van der Waals surface area contributed by atoms with Crippen molar-refractivity contribution >= 4 is 27.5 Å². The van der Waals surface area contributed by atoms with E-state index in [1.807, 2.05) is 30.5 Å². The SMILES string of the molecule is [C-]#[N+]c1ccc(C)c(-c2cnc(-c3[c-]cc4c(c3)c3ccccc3n4-c3ccccc3)cc2C)c1.[Ir]. The van der Waals surface area contributed by atoms with Crippen LogP contribution >= 0.6 is 0 Å². The zero-order valence-electron chi connectivity index (χ0n) is 19.9. The van der Waals surface area contributed by atoms with Crippen LogP contribution in [0.15, 0.2) is 97.2 Å². The molecule has 0 amide bonds. The van der Waals surface area contributed by atoms with Gasteiger partial charge in [0.05, 0.1) is 6.57 Å². The predicted octanol–water partition coefficient (Wildman–Crippen LogP) is 8.48. The van der Waals surface area contributed by atoms with E-state index in [1.54, 1.807) is 0 Å². The van der Waals surface area contributed by atoms with Crippen LogP contribution in [0.5, 0.6) is 0 Å². The van der Waals surface area contributed by atoms with E-state index in [9.17, 15) is 0 Å². The molecular weight excluding hydrogens is 619 g/mol. The van der Waals surface area contributed by atoms with Crippen LogP contribution in [0.1, 0.15) is 11.1 Å². The van der Waals surface area contributed by atoms with Gasteiger partial charge in [-0.3, -0.25) is 0 Å². The third kappa shape index (κ3) is 3.93. The number of hydrogen-bond donors (Lipinski definition) is 0. The number of pyridine rings is 1. The number of benzene rings is 4. The predicted molar refractivity (Wildman–Crippen MR) is 144 cm³/mol. The topological polar surface area (TPSA) is 22.2 Å². The Morgan fingerprint density at radius 1 is 0.778 bits per heavy atom. The van der Waals surface area contributed by atoms with Crippen molar-refractivity contribution in [2.75, 3.05) is 0 Å². The molecule has 0 aliphatic heterocycles. The second-order valence-electron chi connectivity index (χ2n) is 8.83. The van der Waals surface area contributed by atoms with E-state index in [4.69, 9.17) is 11.6 Å². The van der Waals surface area contributed by atoms with Crippen molar-refractivity contribution in [3.8, 4) is 28.1 Å². The maximum atomic E-state index is 7.36. The minimum absolute atomic E-state index is 0. The first-order valence-corrected chi connectivity index (χ1v) is 11.6. The molecule has 4 aromatic carbocycles. The molecule has 0 bridgehead atoms. The second-order valence-corrected chi connectivity index (χ2v) is 8.83. The van der Waals surface area contributed by atoms with Crippen LogP contribution in [0, 0.1) is 26.5 Å². The second kappa shape index (κ2) is 9.55. The van der Waals surface area contributed by atoms with Crippen LogP contribution in [0.3, 0.4) is 0 Å². The van der Waals surface area contributed by atoms with Crippen LogP contribution in [0.4, 0.5) is 5.69 Å². The zero-order valence-corrected chi connectivity index (χ0v) is 22.3. The molecule has 0 aliphatic rings. The molecule has 2 aromatic heterocycles. The average molecular weight is 641 g/mol. The molecule has 0 unspecified atom stereocenters. The third-order valence-corrected chi connectivity index (χ3v) is 6.65. The summed E-state index contributed by atoms with van der Waals surface area (Å²) in [6.45, 7) is 11.5. The number of rotatable bonds is 3. The fourth-order valence-corrected chi connectivity index (χ4v) is 4.87. The smallest absolute Gasteiger partial charge is 0.187 e. The van der Waals surface area contributed by atoms with Crippen molar-refractivity contribution in [2.45, 2.75) is 13.8 Å². The molecule has 0 atom stereocenters. The van der Waals surface area contributed by atoms with Gasteiger partial charge in [-0.05, 0) is 71.4 Å². The van der Waals surface area contributed by atoms with Gasteiger partial charge in [-0.15, -0.1) is 23.8 Å². The van der Waals surface area contributed by atoms with Crippen molar-refractivity contribution in [3.63, 3.8) is 0 Å². The van der Waals surface area contributed by atoms with Crippen LogP contribution < -0.4 is 0 Å². The molecule has 0 fully saturated rings. The fraction of sp³-hybridized carbons (Fsp3) is 0.0625. The molecule has 0 spiro atoms. The van der Waals surface area contributed by atoms with Gasteiger partial charge < -0.3 is 9.55 Å². The Morgan fingerprint density at radius 2 is 1.56 bits per heavy atom. The van der Waals surface area contributed by atoms with Gasteiger partial charge in [-0.25, -0.2) is 4.85 Å². The van der Waals surface area contributed by atoms with Gasteiger partial charge in [0.25, 0.3) is 0 Å². The Bertz CT molecular complexity index is 1780. The van der Waals surface area contributed by atoms with E-state index >= 15 is 0 Å². The number of aryl methyl sites for hydroxylation is 2. The van der Waals surface area contributed by atoms with E-state index < -0.39 is 0 Å². The van der Waals surface area contributed by atoms with Gasteiger partial charge in [-0.1, -0.05) is 60.0 Å². The Morgan fingerprint density at radius 3 is 2.33 bits per heavy atom. The van der Waals surface area contributed by atoms with Crippen molar-refractivity contribution in [3.05, 3.63) is 126 Å². The van der Waals surface area contributed by atoms with Crippen LogP contribution in [0.25, 0.3) is 54.7 Å². The minimum atomic E-state index is 0. The monoisotopic (exact) mass is 641 g/mol. The van der Waals surface area contributed by atoms with E-state index in [2.05, 4.69) is 96.1 Å². The van der Waals surface area contributed by atoms with E-state index in [1.165, 1.54) is 16.3 Å². The van der Waals surface area contributed by atoms with Gasteiger partial charge in [0.2, 0.25) is 0 Å². The first kappa shape index (κ1) is 23.7. The van der Waals surface area contributed by atoms with Crippen LogP contribution in [-0.2, 0) is 20.1 Å². The molecule has 2 heterocycles. The summed E-state index contributed by atoms with van der Waals surface area (Å²) in [4.78, 5) is 8.41. The van der Waals surface area contributed by atoms with Gasteiger partial charge in [-0.2, -0.15) is 0 Å². The normalized spacial score (nSPS) is 10.8. The third-order valence-electron chi connectivity index (χ3n) is 6.65. The molecule has 0 aliphatic carbocycles. The van der Waals surface area contributed by atoms with Crippen molar-refractivity contribution in [1.29, 1.82) is 0 Å². The first-order valence-electron chi connectivity index (χ1n) is 11.6. The maximum Gasteiger partial charge on any atom is 0.187 e. The largest absolute Gasteiger partial charge is 0.351 e. The molecule has 0 saturated carbocycles. The summed E-state index contributed by atoms with van der Waals surface area (Å²) in [7, 11) is 0. The summed E-state index contributed by atoms with van der Waals surface area (Å²) in [6, 6.07) is 34.6. The molecule has 175 valence electrons. The molecular formula is C32H22IrN3-. The summed E-state index contributed by atoms with van der Waals surface area (Å²) in [5.41, 5.74) is 10.3.